The minimum Gasteiger partial charge on any atom is -0.311 e. The summed E-state index contributed by atoms with van der Waals surface area (Å²) in [6.07, 6.45) is 0. The Morgan fingerprint density at radius 3 is 1.77 bits per heavy atom. The summed E-state index contributed by atoms with van der Waals surface area (Å²) in [6, 6.07) is 66.6. The van der Waals surface area contributed by atoms with Crippen LogP contribution in [0, 0.1) is 0 Å². The molecule has 5 nitrogen and oxygen atoms in total. The third-order valence-electron chi connectivity index (χ3n) is 10.5. The van der Waals surface area contributed by atoms with Gasteiger partial charge in [-0.25, -0.2) is 9.97 Å². The van der Waals surface area contributed by atoms with Gasteiger partial charge in [0.1, 0.15) is 5.65 Å². The SMILES string of the molecule is c1ccc(N(c2ccccc2)c2ccc(-c3ccc4c(c3)c3c5ccccc5ccc3n4-c3nc4ccccc4c4nc5ccccc5n34)cc2)cc1. The van der Waals surface area contributed by atoms with Crippen molar-refractivity contribution in [3.63, 3.8) is 0 Å². The van der Waals surface area contributed by atoms with Crippen molar-refractivity contribution in [3.8, 4) is 17.1 Å². The molecule has 0 aliphatic heterocycles. The largest absolute Gasteiger partial charge is 0.311 e. The van der Waals surface area contributed by atoms with Crippen LogP contribution >= 0.6 is 0 Å². The summed E-state index contributed by atoms with van der Waals surface area (Å²) >= 11 is 0. The highest BCUT2D eigenvalue weighted by Crippen LogP contribution is 2.41. The Hall–Kier alpha value is -7.24. The minimum absolute atomic E-state index is 0.821. The van der Waals surface area contributed by atoms with Crippen molar-refractivity contribution in [1.82, 2.24) is 18.9 Å². The summed E-state index contributed by atoms with van der Waals surface area (Å²) in [7, 11) is 0. The van der Waals surface area contributed by atoms with Crippen molar-refractivity contribution in [2.75, 3.05) is 4.90 Å². The van der Waals surface area contributed by atoms with E-state index in [0.717, 1.165) is 72.8 Å². The highest BCUT2D eigenvalue weighted by Gasteiger charge is 2.21. The van der Waals surface area contributed by atoms with Crippen LogP contribution in [0.15, 0.2) is 188 Å². The van der Waals surface area contributed by atoms with E-state index in [1.807, 2.05) is 12.1 Å². The Labute approximate surface area is 305 Å². The van der Waals surface area contributed by atoms with Crippen LogP contribution in [0.4, 0.5) is 17.1 Å². The molecule has 3 aromatic heterocycles. The van der Waals surface area contributed by atoms with Gasteiger partial charge in [-0.15, -0.1) is 0 Å². The first kappa shape index (κ1) is 29.5. The van der Waals surface area contributed by atoms with Gasteiger partial charge >= 0.3 is 0 Å². The zero-order valence-corrected chi connectivity index (χ0v) is 28.6. The second-order valence-corrected chi connectivity index (χ2v) is 13.5. The lowest BCUT2D eigenvalue weighted by molar-refractivity contribution is 0.980. The monoisotopic (exact) mass is 677 g/mol. The minimum atomic E-state index is 0.821. The van der Waals surface area contributed by atoms with Crippen molar-refractivity contribution in [2.24, 2.45) is 0 Å². The molecule has 0 aliphatic rings. The number of hydrogen-bond acceptors (Lipinski definition) is 3. The first-order valence-electron chi connectivity index (χ1n) is 17.9. The normalized spacial score (nSPS) is 11.8. The molecule has 0 radical (unpaired) electrons. The van der Waals surface area contributed by atoms with Gasteiger partial charge in [0.2, 0.25) is 5.95 Å². The number of anilines is 3. The van der Waals surface area contributed by atoms with E-state index < -0.39 is 0 Å². The lowest BCUT2D eigenvalue weighted by atomic mass is 10.00. The fourth-order valence-corrected chi connectivity index (χ4v) is 8.07. The molecule has 0 N–H and O–H groups in total. The zero-order chi connectivity index (χ0) is 34.9. The first-order chi connectivity index (χ1) is 26.3. The fraction of sp³-hybridized carbons (Fsp3) is 0. The smallest absolute Gasteiger partial charge is 0.221 e. The Morgan fingerprint density at radius 1 is 0.396 bits per heavy atom. The van der Waals surface area contributed by atoms with E-state index >= 15 is 0 Å². The van der Waals surface area contributed by atoms with Crippen LogP contribution in [0.3, 0.4) is 0 Å². The van der Waals surface area contributed by atoms with Crippen LogP contribution < -0.4 is 4.90 Å². The van der Waals surface area contributed by atoms with Crippen LogP contribution in [-0.2, 0) is 0 Å². The van der Waals surface area contributed by atoms with Crippen LogP contribution in [0.5, 0.6) is 0 Å². The highest BCUT2D eigenvalue weighted by molar-refractivity contribution is 6.22. The van der Waals surface area contributed by atoms with Crippen molar-refractivity contribution in [2.45, 2.75) is 0 Å². The molecule has 0 spiro atoms. The molecule has 248 valence electrons. The molecule has 0 amide bonds. The molecule has 0 unspecified atom stereocenters. The summed E-state index contributed by atoms with van der Waals surface area (Å²) in [5.74, 6) is 0.821. The second kappa shape index (κ2) is 11.7. The maximum atomic E-state index is 5.39. The van der Waals surface area contributed by atoms with Gasteiger partial charge in [-0.3, -0.25) is 8.97 Å². The van der Waals surface area contributed by atoms with E-state index in [1.165, 1.54) is 21.5 Å². The Bertz CT molecular complexity index is 3120. The van der Waals surface area contributed by atoms with E-state index in [-0.39, 0.29) is 0 Å². The van der Waals surface area contributed by atoms with Gasteiger partial charge in [0.05, 0.1) is 27.6 Å². The van der Waals surface area contributed by atoms with Gasteiger partial charge in [0.25, 0.3) is 0 Å². The predicted molar refractivity (Wildman–Crippen MR) is 220 cm³/mol. The molecule has 0 saturated heterocycles. The molecule has 0 aliphatic carbocycles. The molecular weight excluding hydrogens is 647 g/mol. The molecule has 8 aromatic carbocycles. The highest BCUT2D eigenvalue weighted by atomic mass is 15.2. The molecule has 11 aromatic rings. The van der Waals surface area contributed by atoms with Gasteiger partial charge in [-0.05, 0) is 101 Å². The molecule has 53 heavy (non-hydrogen) atoms. The number of benzene rings is 8. The van der Waals surface area contributed by atoms with Crippen LogP contribution in [0.25, 0.3) is 77.2 Å². The van der Waals surface area contributed by atoms with E-state index in [1.54, 1.807) is 0 Å². The van der Waals surface area contributed by atoms with Crippen LogP contribution in [-0.4, -0.2) is 18.9 Å². The second-order valence-electron chi connectivity index (χ2n) is 13.5. The Morgan fingerprint density at radius 2 is 1.00 bits per heavy atom. The number of fused-ring (bicyclic) bond motifs is 10. The Balaban J connectivity index is 1.14. The third kappa shape index (κ3) is 4.57. The standard InChI is InChI=1S/C48H31N5/c1-3-14-35(15-4-1)51(36-16-5-2-6-17-36)37-27-23-32(24-28-37)34-26-29-43-40(31-34)46-38-18-8-7-13-33(38)25-30-45(46)52(43)48-50-41-20-10-9-19-39(41)47-49-42-21-11-12-22-44(42)53(47)48/h1-31H. The molecule has 0 fully saturated rings. The quantitative estimate of drug-likeness (QED) is 0.182. The average molecular weight is 678 g/mol. The number of para-hydroxylation sites is 5. The molecule has 5 heteroatoms. The number of rotatable bonds is 5. The Kier molecular flexibility index (Phi) is 6.48. The average Bonchev–Trinajstić information content (AvgIpc) is 3.78. The molecular formula is C48H31N5. The fourth-order valence-electron chi connectivity index (χ4n) is 8.07. The van der Waals surface area contributed by atoms with E-state index in [0.29, 0.717) is 0 Å². The molecule has 0 saturated carbocycles. The van der Waals surface area contributed by atoms with Gasteiger partial charge in [-0.1, -0.05) is 109 Å². The van der Waals surface area contributed by atoms with E-state index in [9.17, 15) is 0 Å². The molecule has 3 heterocycles. The van der Waals surface area contributed by atoms with Crippen molar-refractivity contribution < 1.29 is 0 Å². The van der Waals surface area contributed by atoms with E-state index in [4.69, 9.17) is 9.97 Å². The molecule has 0 atom stereocenters. The number of nitrogens with zero attached hydrogens (tertiary/aromatic N) is 5. The third-order valence-corrected chi connectivity index (χ3v) is 10.5. The summed E-state index contributed by atoms with van der Waals surface area (Å²) < 4.78 is 4.55. The van der Waals surface area contributed by atoms with Crippen LogP contribution in [0.1, 0.15) is 0 Å². The lowest BCUT2D eigenvalue weighted by Crippen LogP contribution is -2.09. The predicted octanol–water partition coefficient (Wildman–Crippen LogP) is 12.4. The van der Waals surface area contributed by atoms with E-state index in [2.05, 4.69) is 190 Å². The maximum Gasteiger partial charge on any atom is 0.221 e. The summed E-state index contributed by atoms with van der Waals surface area (Å²) in [6.45, 7) is 0. The van der Waals surface area contributed by atoms with Gasteiger partial charge < -0.3 is 4.90 Å². The van der Waals surface area contributed by atoms with Gasteiger partial charge in [0, 0.05) is 33.2 Å². The number of hydrogen-bond donors (Lipinski definition) is 0. The lowest BCUT2D eigenvalue weighted by Gasteiger charge is -2.25. The topological polar surface area (TPSA) is 38.4 Å². The summed E-state index contributed by atoms with van der Waals surface area (Å²) in [5.41, 5.74) is 11.7. The molecule has 0 bridgehead atoms. The first-order valence-corrected chi connectivity index (χ1v) is 17.9. The van der Waals surface area contributed by atoms with Gasteiger partial charge in [0.15, 0.2) is 0 Å². The van der Waals surface area contributed by atoms with Gasteiger partial charge in [-0.2, -0.15) is 0 Å². The summed E-state index contributed by atoms with van der Waals surface area (Å²) in [4.78, 5) is 12.8. The number of imidazole rings is 1. The van der Waals surface area contributed by atoms with Crippen molar-refractivity contribution in [3.05, 3.63) is 188 Å². The maximum absolute atomic E-state index is 5.39. The van der Waals surface area contributed by atoms with Crippen molar-refractivity contribution >= 4 is 77.2 Å². The zero-order valence-electron chi connectivity index (χ0n) is 28.6. The summed E-state index contributed by atoms with van der Waals surface area (Å²) in [5, 5.41) is 5.85. The van der Waals surface area contributed by atoms with Crippen LogP contribution in [0.2, 0.25) is 0 Å². The van der Waals surface area contributed by atoms with Crippen molar-refractivity contribution in [1.29, 1.82) is 0 Å². The number of aromatic nitrogens is 4. The molecule has 11 rings (SSSR count).